The number of ether oxygens (including phenoxy) is 1. The monoisotopic (exact) mass is 450 g/mol. The van der Waals surface area contributed by atoms with Crippen LogP contribution in [0.4, 0.5) is 0 Å². The van der Waals surface area contributed by atoms with Crippen LogP contribution in [0.15, 0.2) is 42.5 Å². The molecule has 30 heavy (non-hydrogen) atoms. The number of amides is 2. The van der Waals surface area contributed by atoms with Gasteiger partial charge in [0, 0.05) is 17.1 Å². The molecule has 0 bridgehead atoms. The fourth-order valence-electron chi connectivity index (χ4n) is 2.76. The Kier molecular flexibility index (Phi) is 8.16. The van der Waals surface area contributed by atoms with Crippen LogP contribution in [0.25, 0.3) is 0 Å². The van der Waals surface area contributed by atoms with Gasteiger partial charge in [0.2, 0.25) is 5.91 Å². The fourth-order valence-corrected chi connectivity index (χ4v) is 3.22. The van der Waals surface area contributed by atoms with Crippen LogP contribution in [0.5, 0.6) is 5.75 Å². The summed E-state index contributed by atoms with van der Waals surface area (Å²) in [5.41, 5.74) is 1.64. The highest BCUT2D eigenvalue weighted by Crippen LogP contribution is 2.27. The summed E-state index contributed by atoms with van der Waals surface area (Å²) in [4.78, 5) is 27.3. The SMILES string of the molecule is Cc1ccc(CN(C(=O)COc2ccc(Cl)cc2Cl)C(C)C(=O)NC(C)(C)C)cc1. The molecule has 0 aliphatic carbocycles. The summed E-state index contributed by atoms with van der Waals surface area (Å²) in [6.45, 7) is 9.44. The predicted octanol–water partition coefficient (Wildman–Crippen LogP) is 5.01. The van der Waals surface area contributed by atoms with Crippen molar-refractivity contribution in [2.75, 3.05) is 6.61 Å². The Morgan fingerprint density at radius 2 is 1.73 bits per heavy atom. The van der Waals surface area contributed by atoms with Gasteiger partial charge in [0.1, 0.15) is 11.8 Å². The normalized spacial score (nSPS) is 12.2. The van der Waals surface area contributed by atoms with Gasteiger partial charge in [0.25, 0.3) is 5.91 Å². The first-order valence-corrected chi connectivity index (χ1v) is 10.5. The van der Waals surface area contributed by atoms with E-state index in [4.69, 9.17) is 27.9 Å². The third-order valence-electron chi connectivity index (χ3n) is 4.38. The van der Waals surface area contributed by atoms with Crippen molar-refractivity contribution in [1.82, 2.24) is 10.2 Å². The molecule has 0 aliphatic rings. The van der Waals surface area contributed by atoms with Gasteiger partial charge in [-0.2, -0.15) is 0 Å². The number of carbonyl (C=O) groups excluding carboxylic acids is 2. The van der Waals surface area contributed by atoms with E-state index in [0.29, 0.717) is 15.8 Å². The van der Waals surface area contributed by atoms with E-state index in [1.807, 2.05) is 52.0 Å². The van der Waals surface area contributed by atoms with Gasteiger partial charge in [0.15, 0.2) is 6.61 Å². The van der Waals surface area contributed by atoms with Crippen LogP contribution in [0.2, 0.25) is 10.0 Å². The molecule has 0 aliphatic heterocycles. The third-order valence-corrected chi connectivity index (χ3v) is 4.91. The number of rotatable bonds is 7. The van der Waals surface area contributed by atoms with E-state index in [1.165, 1.54) is 4.90 Å². The Hall–Kier alpha value is -2.24. The van der Waals surface area contributed by atoms with E-state index in [2.05, 4.69) is 5.32 Å². The maximum Gasteiger partial charge on any atom is 0.261 e. The van der Waals surface area contributed by atoms with Crippen LogP contribution in [0.3, 0.4) is 0 Å². The van der Waals surface area contributed by atoms with Crippen molar-refractivity contribution < 1.29 is 14.3 Å². The minimum atomic E-state index is -0.678. The lowest BCUT2D eigenvalue weighted by molar-refractivity contribution is -0.142. The second kappa shape index (κ2) is 10.2. The first kappa shape index (κ1) is 24.0. The quantitative estimate of drug-likeness (QED) is 0.644. The zero-order chi connectivity index (χ0) is 22.5. The zero-order valence-electron chi connectivity index (χ0n) is 18.0. The van der Waals surface area contributed by atoms with Gasteiger partial charge in [-0.1, -0.05) is 53.0 Å². The molecule has 0 saturated carbocycles. The van der Waals surface area contributed by atoms with Gasteiger partial charge >= 0.3 is 0 Å². The van der Waals surface area contributed by atoms with E-state index in [-0.39, 0.29) is 25.0 Å². The van der Waals surface area contributed by atoms with Crippen molar-refractivity contribution in [2.45, 2.75) is 52.7 Å². The van der Waals surface area contributed by atoms with Gasteiger partial charge in [-0.25, -0.2) is 0 Å². The summed E-state index contributed by atoms with van der Waals surface area (Å²) in [5.74, 6) is -0.192. The zero-order valence-corrected chi connectivity index (χ0v) is 19.5. The van der Waals surface area contributed by atoms with Crippen LogP contribution < -0.4 is 10.1 Å². The predicted molar refractivity (Wildman–Crippen MR) is 121 cm³/mol. The molecule has 2 aromatic rings. The number of hydrogen-bond donors (Lipinski definition) is 1. The molecule has 0 fully saturated rings. The van der Waals surface area contributed by atoms with Crippen molar-refractivity contribution in [1.29, 1.82) is 0 Å². The van der Waals surface area contributed by atoms with Gasteiger partial charge < -0.3 is 15.0 Å². The topological polar surface area (TPSA) is 58.6 Å². The molecule has 7 heteroatoms. The summed E-state index contributed by atoms with van der Waals surface area (Å²) < 4.78 is 5.61. The standard InChI is InChI=1S/C23H28Cl2N2O3/c1-15-6-8-17(9-7-15)13-27(16(2)22(29)26-23(3,4)5)21(28)14-30-20-11-10-18(24)12-19(20)25/h6-12,16H,13-14H2,1-5H3,(H,26,29). The molecule has 2 amide bonds. The Bertz CT molecular complexity index is 892. The average Bonchev–Trinajstić information content (AvgIpc) is 2.64. The summed E-state index contributed by atoms with van der Waals surface area (Å²) in [6, 6.07) is 12.0. The summed E-state index contributed by atoms with van der Waals surface area (Å²) in [5, 5.41) is 3.73. The molecule has 1 atom stereocenters. The molecule has 0 heterocycles. The Balaban J connectivity index is 2.18. The lowest BCUT2D eigenvalue weighted by atomic mass is 10.1. The molecule has 1 N–H and O–H groups in total. The first-order chi connectivity index (χ1) is 14.0. The summed E-state index contributed by atoms with van der Waals surface area (Å²) in [6.07, 6.45) is 0. The summed E-state index contributed by atoms with van der Waals surface area (Å²) >= 11 is 12.0. The summed E-state index contributed by atoms with van der Waals surface area (Å²) in [7, 11) is 0. The van der Waals surface area contributed by atoms with Gasteiger partial charge in [0.05, 0.1) is 5.02 Å². The highest BCUT2D eigenvalue weighted by molar-refractivity contribution is 6.35. The van der Waals surface area contributed by atoms with Crippen LogP contribution in [0, 0.1) is 6.92 Å². The number of benzene rings is 2. The number of nitrogens with zero attached hydrogens (tertiary/aromatic N) is 1. The molecule has 1 unspecified atom stereocenters. The number of carbonyl (C=O) groups is 2. The van der Waals surface area contributed by atoms with Crippen LogP contribution >= 0.6 is 23.2 Å². The second-order valence-electron chi connectivity index (χ2n) is 8.29. The Morgan fingerprint density at radius 1 is 1.10 bits per heavy atom. The number of hydrogen-bond acceptors (Lipinski definition) is 3. The molecular formula is C23H28Cl2N2O3. The fraction of sp³-hybridized carbons (Fsp3) is 0.391. The van der Waals surface area contributed by atoms with Gasteiger partial charge in [-0.15, -0.1) is 0 Å². The largest absolute Gasteiger partial charge is 0.482 e. The van der Waals surface area contributed by atoms with E-state index < -0.39 is 11.6 Å². The molecule has 2 rings (SSSR count). The first-order valence-electron chi connectivity index (χ1n) is 9.71. The van der Waals surface area contributed by atoms with E-state index >= 15 is 0 Å². The molecule has 0 saturated heterocycles. The maximum atomic E-state index is 13.0. The molecule has 162 valence electrons. The number of nitrogens with one attached hydrogen (secondary N) is 1. The number of aryl methyl sites for hydroxylation is 1. The smallest absolute Gasteiger partial charge is 0.261 e. The molecule has 0 radical (unpaired) electrons. The Labute approximate surface area is 188 Å². The van der Waals surface area contributed by atoms with Crippen molar-refractivity contribution in [3.63, 3.8) is 0 Å². The minimum absolute atomic E-state index is 0.229. The van der Waals surface area contributed by atoms with Gasteiger partial charge in [-0.3, -0.25) is 9.59 Å². The van der Waals surface area contributed by atoms with Gasteiger partial charge in [-0.05, 0) is 58.4 Å². The average molecular weight is 451 g/mol. The minimum Gasteiger partial charge on any atom is -0.482 e. The van der Waals surface area contributed by atoms with Crippen LogP contribution in [-0.4, -0.2) is 34.9 Å². The van der Waals surface area contributed by atoms with Crippen molar-refractivity contribution in [2.24, 2.45) is 0 Å². The Morgan fingerprint density at radius 3 is 2.30 bits per heavy atom. The van der Waals surface area contributed by atoms with Crippen molar-refractivity contribution in [3.05, 3.63) is 63.6 Å². The second-order valence-corrected chi connectivity index (χ2v) is 9.13. The molecule has 5 nitrogen and oxygen atoms in total. The maximum absolute atomic E-state index is 13.0. The highest BCUT2D eigenvalue weighted by atomic mass is 35.5. The highest BCUT2D eigenvalue weighted by Gasteiger charge is 2.28. The van der Waals surface area contributed by atoms with E-state index in [0.717, 1.165) is 11.1 Å². The lowest BCUT2D eigenvalue weighted by Gasteiger charge is -2.31. The van der Waals surface area contributed by atoms with Crippen molar-refractivity contribution >= 4 is 35.0 Å². The van der Waals surface area contributed by atoms with Crippen LogP contribution in [-0.2, 0) is 16.1 Å². The molecule has 0 aromatic heterocycles. The van der Waals surface area contributed by atoms with E-state index in [9.17, 15) is 9.59 Å². The number of halogens is 2. The lowest BCUT2D eigenvalue weighted by Crippen LogP contribution is -2.53. The molecular weight excluding hydrogens is 423 g/mol. The van der Waals surface area contributed by atoms with E-state index in [1.54, 1.807) is 25.1 Å². The van der Waals surface area contributed by atoms with Crippen LogP contribution in [0.1, 0.15) is 38.8 Å². The molecule has 2 aromatic carbocycles. The van der Waals surface area contributed by atoms with Crippen molar-refractivity contribution in [3.8, 4) is 5.75 Å². The third kappa shape index (κ3) is 7.22. The molecule has 0 spiro atoms.